The quantitative estimate of drug-likeness (QED) is 0.786. The van der Waals surface area contributed by atoms with E-state index in [1.54, 1.807) is 0 Å². The van der Waals surface area contributed by atoms with E-state index in [0.717, 1.165) is 4.88 Å². The number of hydrogen-bond acceptors (Lipinski definition) is 3. The Hall–Kier alpha value is -1.53. The van der Waals surface area contributed by atoms with Gasteiger partial charge in [-0.05, 0) is 39.5 Å². The molecule has 1 aromatic heterocycles. The first kappa shape index (κ1) is 12.5. The van der Waals surface area contributed by atoms with Crippen molar-refractivity contribution in [1.82, 2.24) is 0 Å². The van der Waals surface area contributed by atoms with E-state index >= 15 is 0 Å². The summed E-state index contributed by atoms with van der Waals surface area (Å²) >= 11 is 4.51. The number of halogens is 2. The van der Waals surface area contributed by atoms with Crippen molar-refractivity contribution >= 4 is 44.6 Å². The highest BCUT2D eigenvalue weighted by Gasteiger charge is 2.36. The van der Waals surface area contributed by atoms with E-state index in [2.05, 4.69) is 15.9 Å². The van der Waals surface area contributed by atoms with Crippen molar-refractivity contribution < 1.29 is 14.0 Å². The summed E-state index contributed by atoms with van der Waals surface area (Å²) in [5.41, 5.74) is 0.582. The molecule has 1 aliphatic heterocycles. The van der Waals surface area contributed by atoms with Gasteiger partial charge >= 0.3 is 0 Å². The van der Waals surface area contributed by atoms with Gasteiger partial charge in [-0.3, -0.25) is 14.5 Å². The van der Waals surface area contributed by atoms with Crippen LogP contribution in [0.3, 0.4) is 0 Å². The monoisotopic (exact) mass is 339 g/mol. The fourth-order valence-corrected chi connectivity index (χ4v) is 3.04. The topological polar surface area (TPSA) is 37.4 Å². The zero-order valence-corrected chi connectivity index (χ0v) is 11.9. The van der Waals surface area contributed by atoms with Gasteiger partial charge in [0.15, 0.2) is 0 Å². The van der Waals surface area contributed by atoms with E-state index in [1.807, 2.05) is 17.5 Å². The van der Waals surface area contributed by atoms with E-state index in [-0.39, 0.29) is 16.6 Å². The summed E-state index contributed by atoms with van der Waals surface area (Å²) < 4.78 is 13.8. The van der Waals surface area contributed by atoms with Crippen molar-refractivity contribution in [2.75, 3.05) is 4.90 Å². The molecule has 0 atom stereocenters. The predicted octanol–water partition coefficient (Wildman–Crippen LogP) is 3.38. The van der Waals surface area contributed by atoms with Crippen molar-refractivity contribution in [3.05, 3.63) is 50.4 Å². The zero-order valence-electron chi connectivity index (χ0n) is 9.52. The molecule has 0 bridgehead atoms. The summed E-state index contributed by atoms with van der Waals surface area (Å²) in [5.74, 6) is -1.69. The first-order valence-electron chi connectivity index (χ1n) is 5.45. The third-order valence-corrected chi connectivity index (χ3v) is 4.38. The molecular formula is C13H7BrFNO2S. The van der Waals surface area contributed by atoms with Crippen LogP contribution < -0.4 is 4.90 Å². The number of carbonyl (C=O) groups excluding carboxylic acids is 2. The third-order valence-electron chi connectivity index (χ3n) is 2.91. The molecule has 1 amide bonds. The highest BCUT2D eigenvalue weighted by atomic mass is 79.9. The molecule has 3 nitrogen and oxygen atoms in total. The lowest BCUT2D eigenvalue weighted by atomic mass is 10.1. The molecule has 19 heavy (non-hydrogen) atoms. The highest BCUT2D eigenvalue weighted by molar-refractivity contribution is 9.10. The van der Waals surface area contributed by atoms with E-state index in [1.165, 1.54) is 28.4 Å². The van der Waals surface area contributed by atoms with Crippen LogP contribution in [0.5, 0.6) is 0 Å². The van der Waals surface area contributed by atoms with Crippen LogP contribution in [0.25, 0.3) is 0 Å². The molecule has 3 rings (SSSR count). The third kappa shape index (κ3) is 2.01. The van der Waals surface area contributed by atoms with Crippen LogP contribution in [0.1, 0.15) is 15.2 Å². The van der Waals surface area contributed by atoms with E-state index in [9.17, 15) is 14.0 Å². The van der Waals surface area contributed by atoms with Crippen molar-refractivity contribution in [2.45, 2.75) is 6.54 Å². The van der Waals surface area contributed by atoms with Crippen LogP contribution in [0.4, 0.5) is 10.1 Å². The molecule has 0 radical (unpaired) electrons. The van der Waals surface area contributed by atoms with Gasteiger partial charge in [0.05, 0.1) is 22.3 Å². The molecule has 0 unspecified atom stereocenters. The van der Waals surface area contributed by atoms with Gasteiger partial charge < -0.3 is 0 Å². The van der Waals surface area contributed by atoms with Gasteiger partial charge in [0.1, 0.15) is 5.82 Å². The average Bonchev–Trinajstić information content (AvgIpc) is 2.96. The number of anilines is 1. The number of Topliss-reactive ketones (excluding diaryl/α,β-unsaturated/α-hetero) is 1. The van der Waals surface area contributed by atoms with E-state index < -0.39 is 17.5 Å². The predicted molar refractivity (Wildman–Crippen MR) is 73.9 cm³/mol. The van der Waals surface area contributed by atoms with Crippen LogP contribution >= 0.6 is 27.3 Å². The minimum absolute atomic E-state index is 0.186. The van der Waals surface area contributed by atoms with Gasteiger partial charge in [-0.15, -0.1) is 11.3 Å². The van der Waals surface area contributed by atoms with E-state index in [0.29, 0.717) is 5.69 Å². The number of benzene rings is 1. The molecule has 2 heterocycles. The molecule has 2 aromatic rings. The largest absolute Gasteiger partial charge is 0.299 e. The molecule has 6 heteroatoms. The summed E-state index contributed by atoms with van der Waals surface area (Å²) in [7, 11) is 0. The number of hydrogen-bond donors (Lipinski definition) is 0. The van der Waals surface area contributed by atoms with Crippen LogP contribution in [-0.4, -0.2) is 11.7 Å². The van der Waals surface area contributed by atoms with Crippen molar-refractivity contribution in [1.29, 1.82) is 0 Å². The molecule has 0 N–H and O–H groups in total. The lowest BCUT2D eigenvalue weighted by Gasteiger charge is -2.15. The lowest BCUT2D eigenvalue weighted by molar-refractivity contribution is -0.114. The van der Waals surface area contributed by atoms with Gasteiger partial charge in [-0.25, -0.2) is 4.39 Å². The second kappa shape index (κ2) is 4.54. The number of thiophene rings is 1. The van der Waals surface area contributed by atoms with Crippen molar-refractivity contribution in [2.24, 2.45) is 0 Å². The molecule has 0 saturated heterocycles. The fourth-order valence-electron chi connectivity index (χ4n) is 2.00. The second-order valence-electron chi connectivity index (χ2n) is 4.08. The maximum atomic E-state index is 13.6. The van der Waals surface area contributed by atoms with Crippen molar-refractivity contribution in [3.63, 3.8) is 0 Å². The number of carbonyl (C=O) groups is 2. The number of rotatable bonds is 2. The van der Waals surface area contributed by atoms with Crippen molar-refractivity contribution in [3.8, 4) is 0 Å². The summed E-state index contributed by atoms with van der Waals surface area (Å²) in [5, 5.41) is 1.89. The summed E-state index contributed by atoms with van der Waals surface area (Å²) in [6.07, 6.45) is 0. The van der Waals surface area contributed by atoms with Gasteiger partial charge in [-0.1, -0.05) is 6.07 Å². The molecule has 96 valence electrons. The summed E-state index contributed by atoms with van der Waals surface area (Å²) in [6, 6.07) is 6.32. The Balaban J connectivity index is 2.06. The molecular weight excluding hydrogens is 333 g/mol. The van der Waals surface area contributed by atoms with Gasteiger partial charge in [0, 0.05) is 4.88 Å². The normalized spacial score (nSPS) is 14.1. The smallest absolute Gasteiger partial charge is 0.299 e. The molecule has 0 fully saturated rings. The Morgan fingerprint density at radius 2 is 2.11 bits per heavy atom. The minimum Gasteiger partial charge on any atom is -0.299 e. The number of nitrogens with zero attached hydrogens (tertiary/aromatic N) is 1. The highest BCUT2D eigenvalue weighted by Crippen LogP contribution is 2.34. The summed E-state index contributed by atoms with van der Waals surface area (Å²) in [6.45, 7) is 0.288. The Morgan fingerprint density at radius 1 is 1.32 bits per heavy atom. The lowest BCUT2D eigenvalue weighted by Crippen LogP contribution is -2.28. The van der Waals surface area contributed by atoms with Crippen LogP contribution in [-0.2, 0) is 11.3 Å². The standard InChI is InChI=1S/C13H7BrFNO2S/c14-9-4-8-11(5-10(9)15)16(13(18)12(8)17)6-7-2-1-3-19-7/h1-5H,6H2. The minimum atomic E-state index is -0.610. The first-order chi connectivity index (χ1) is 9.08. The van der Waals surface area contributed by atoms with E-state index in [4.69, 9.17) is 0 Å². The average molecular weight is 340 g/mol. The van der Waals surface area contributed by atoms with Gasteiger partial charge in [0.2, 0.25) is 0 Å². The van der Waals surface area contributed by atoms with Crippen LogP contribution in [0.2, 0.25) is 0 Å². The number of ketones is 1. The maximum Gasteiger partial charge on any atom is 0.299 e. The first-order valence-corrected chi connectivity index (χ1v) is 7.13. The SMILES string of the molecule is O=C1C(=O)N(Cc2cccs2)c2cc(F)c(Br)cc21. The Labute approximate surface area is 120 Å². The second-order valence-corrected chi connectivity index (χ2v) is 5.97. The maximum absolute atomic E-state index is 13.6. The van der Waals surface area contributed by atoms with Gasteiger partial charge in [-0.2, -0.15) is 0 Å². The van der Waals surface area contributed by atoms with Crippen LogP contribution in [0, 0.1) is 5.82 Å². The number of fused-ring (bicyclic) bond motifs is 1. The van der Waals surface area contributed by atoms with Crippen LogP contribution in [0.15, 0.2) is 34.1 Å². The number of amides is 1. The molecule has 0 aliphatic carbocycles. The molecule has 0 saturated carbocycles. The van der Waals surface area contributed by atoms with Gasteiger partial charge in [0.25, 0.3) is 11.7 Å². The molecule has 1 aliphatic rings. The molecule has 0 spiro atoms. The Kier molecular flexibility index (Phi) is 2.99. The fraction of sp³-hybridized carbons (Fsp3) is 0.0769. The molecule has 1 aromatic carbocycles. The Morgan fingerprint density at radius 3 is 2.79 bits per heavy atom. The Bertz CT molecular complexity index is 684. The zero-order chi connectivity index (χ0) is 13.6. The summed E-state index contributed by atoms with van der Waals surface area (Å²) in [4.78, 5) is 26.1.